The second-order valence-electron chi connectivity index (χ2n) is 8.17. The van der Waals surface area contributed by atoms with Crippen LogP contribution in [0.2, 0.25) is 0 Å². The second kappa shape index (κ2) is 2.31. The molecule has 0 aromatic rings. The Kier molecular flexibility index (Phi) is 1.40. The van der Waals surface area contributed by atoms with E-state index in [0.29, 0.717) is 5.41 Å². The van der Waals surface area contributed by atoms with Crippen molar-refractivity contribution < 1.29 is 0 Å². The molecule has 4 aliphatic carbocycles. The van der Waals surface area contributed by atoms with Crippen molar-refractivity contribution in [2.24, 2.45) is 40.4 Å². The molecule has 4 saturated carbocycles. The summed E-state index contributed by atoms with van der Waals surface area (Å²) in [6.45, 7) is 7.49. The Morgan fingerprint density at radius 3 is 2.53 bits per heavy atom. The van der Waals surface area contributed by atoms with Gasteiger partial charge in [-0.15, -0.1) is 0 Å². The number of hydrogen-bond acceptors (Lipinski definition) is 0. The minimum atomic E-state index is 0.578. The predicted molar refractivity (Wildman–Crippen MR) is 62.4 cm³/mol. The van der Waals surface area contributed by atoms with E-state index in [-0.39, 0.29) is 0 Å². The van der Waals surface area contributed by atoms with Gasteiger partial charge in [-0.3, -0.25) is 0 Å². The van der Waals surface area contributed by atoms with Gasteiger partial charge in [-0.25, -0.2) is 0 Å². The Morgan fingerprint density at radius 1 is 1.00 bits per heavy atom. The van der Waals surface area contributed by atoms with E-state index in [1.165, 1.54) is 5.92 Å². The number of hydrogen-bond donors (Lipinski definition) is 0. The van der Waals surface area contributed by atoms with E-state index in [2.05, 4.69) is 20.8 Å². The fourth-order valence-electron chi connectivity index (χ4n) is 6.59. The fraction of sp³-hybridized carbons (Fsp3) is 1.00. The Bertz CT molecular complexity index is 310. The van der Waals surface area contributed by atoms with E-state index in [0.717, 1.165) is 29.1 Å². The molecule has 0 heteroatoms. The van der Waals surface area contributed by atoms with Crippen molar-refractivity contribution in [1.29, 1.82) is 0 Å². The van der Waals surface area contributed by atoms with Gasteiger partial charge >= 0.3 is 0 Å². The van der Waals surface area contributed by atoms with E-state index < -0.39 is 0 Å². The van der Waals surface area contributed by atoms with Crippen LogP contribution in [0.5, 0.6) is 0 Å². The van der Waals surface area contributed by atoms with Crippen LogP contribution in [0.4, 0.5) is 0 Å². The Balaban J connectivity index is 1.77. The highest BCUT2D eigenvalue weighted by Crippen LogP contribution is 2.78. The van der Waals surface area contributed by atoms with Gasteiger partial charge in [0.25, 0.3) is 0 Å². The first-order valence-corrected chi connectivity index (χ1v) is 7.01. The topological polar surface area (TPSA) is 0 Å². The highest BCUT2D eigenvalue weighted by atomic mass is 14.8. The molecule has 84 valence electrons. The summed E-state index contributed by atoms with van der Waals surface area (Å²) in [5.41, 5.74) is 1.47. The van der Waals surface area contributed by atoms with Crippen LogP contribution in [0.25, 0.3) is 0 Å². The normalized spacial score (nSPS) is 60.6. The van der Waals surface area contributed by atoms with Crippen molar-refractivity contribution in [2.45, 2.75) is 52.9 Å². The molecule has 4 aliphatic rings. The lowest BCUT2D eigenvalue weighted by Gasteiger charge is -2.52. The van der Waals surface area contributed by atoms with Gasteiger partial charge in [0, 0.05) is 0 Å². The SMILES string of the molecule is CC(C)(C)C1C2CC3CC4CC1C4(C3)C2. The minimum absolute atomic E-state index is 0.578. The van der Waals surface area contributed by atoms with Crippen LogP contribution < -0.4 is 0 Å². The summed E-state index contributed by atoms with van der Waals surface area (Å²) in [4.78, 5) is 0. The van der Waals surface area contributed by atoms with Crippen LogP contribution in [0.1, 0.15) is 52.9 Å². The molecule has 4 rings (SSSR count). The van der Waals surface area contributed by atoms with Crippen LogP contribution in [0, 0.1) is 40.4 Å². The van der Waals surface area contributed by atoms with Gasteiger partial charge in [0.2, 0.25) is 0 Å². The molecule has 0 aliphatic heterocycles. The zero-order chi connectivity index (χ0) is 10.4. The van der Waals surface area contributed by atoms with Crippen molar-refractivity contribution in [3.05, 3.63) is 0 Å². The van der Waals surface area contributed by atoms with E-state index >= 15 is 0 Å². The zero-order valence-corrected chi connectivity index (χ0v) is 10.4. The van der Waals surface area contributed by atoms with Crippen molar-refractivity contribution >= 4 is 0 Å². The Hall–Kier alpha value is 0. The van der Waals surface area contributed by atoms with Gasteiger partial charge in [0.1, 0.15) is 0 Å². The molecule has 0 heterocycles. The maximum absolute atomic E-state index is 2.50. The number of rotatable bonds is 0. The summed E-state index contributed by atoms with van der Waals surface area (Å²) >= 11 is 0. The highest BCUT2D eigenvalue weighted by Gasteiger charge is 2.70. The second-order valence-corrected chi connectivity index (χ2v) is 8.17. The molecule has 15 heavy (non-hydrogen) atoms. The maximum atomic E-state index is 2.50. The summed E-state index contributed by atoms with van der Waals surface area (Å²) in [7, 11) is 0. The van der Waals surface area contributed by atoms with Crippen molar-refractivity contribution in [1.82, 2.24) is 0 Å². The van der Waals surface area contributed by atoms with E-state index in [1.807, 2.05) is 0 Å². The third-order valence-corrected chi connectivity index (χ3v) is 6.60. The van der Waals surface area contributed by atoms with Gasteiger partial charge in [-0.05, 0) is 72.5 Å². The summed E-state index contributed by atoms with van der Waals surface area (Å²) in [5.74, 6) is 5.64. The first-order valence-electron chi connectivity index (χ1n) is 7.01. The third-order valence-electron chi connectivity index (χ3n) is 6.60. The molecule has 0 aromatic carbocycles. The molecule has 6 atom stereocenters. The van der Waals surface area contributed by atoms with E-state index in [1.54, 1.807) is 32.1 Å². The Labute approximate surface area is 93.8 Å². The molecule has 1 spiro atoms. The van der Waals surface area contributed by atoms with Crippen LogP contribution in [0.15, 0.2) is 0 Å². The van der Waals surface area contributed by atoms with Gasteiger partial charge < -0.3 is 0 Å². The van der Waals surface area contributed by atoms with Crippen LogP contribution in [0.3, 0.4) is 0 Å². The molecule has 4 fully saturated rings. The molecule has 0 radical (unpaired) electrons. The first-order chi connectivity index (χ1) is 7.01. The monoisotopic (exact) mass is 204 g/mol. The summed E-state index contributed by atoms with van der Waals surface area (Å²) in [6, 6.07) is 0. The standard InChI is InChI=1S/C15H24/c1-14(2,3)13-10-4-9-5-11-6-12(13)15(11,7-9)8-10/h9-13H,4-8H2,1-3H3. The molecule has 0 nitrogen and oxygen atoms in total. The van der Waals surface area contributed by atoms with Crippen molar-refractivity contribution in [3.63, 3.8) is 0 Å². The highest BCUT2D eigenvalue weighted by molar-refractivity contribution is 5.19. The lowest BCUT2D eigenvalue weighted by Crippen LogP contribution is -2.46. The molecular weight excluding hydrogens is 180 g/mol. The molecule has 6 unspecified atom stereocenters. The van der Waals surface area contributed by atoms with Crippen LogP contribution >= 0.6 is 0 Å². The quantitative estimate of drug-likeness (QED) is 0.557. The van der Waals surface area contributed by atoms with Crippen LogP contribution in [-0.4, -0.2) is 0 Å². The number of fused-ring (bicyclic) bond motifs is 2. The fourth-order valence-corrected chi connectivity index (χ4v) is 6.59. The summed E-state index contributed by atoms with van der Waals surface area (Å²) in [5, 5.41) is 0. The van der Waals surface area contributed by atoms with Gasteiger partial charge in [-0.1, -0.05) is 20.8 Å². The predicted octanol–water partition coefficient (Wildman–Crippen LogP) is 4.10. The molecular formula is C15H24. The maximum Gasteiger partial charge on any atom is -0.0232 e. The Morgan fingerprint density at radius 2 is 1.80 bits per heavy atom. The average Bonchev–Trinajstić information content (AvgIpc) is 2.40. The lowest BCUT2D eigenvalue weighted by atomic mass is 9.52. The molecule has 0 saturated heterocycles. The first kappa shape index (κ1) is 9.07. The molecule has 0 amide bonds. The zero-order valence-electron chi connectivity index (χ0n) is 10.4. The van der Waals surface area contributed by atoms with Crippen LogP contribution in [-0.2, 0) is 0 Å². The minimum Gasteiger partial charge on any atom is -0.0599 e. The smallest absolute Gasteiger partial charge is 0.0232 e. The van der Waals surface area contributed by atoms with Gasteiger partial charge in [0.15, 0.2) is 0 Å². The average molecular weight is 204 g/mol. The molecule has 0 N–H and O–H groups in total. The van der Waals surface area contributed by atoms with Gasteiger partial charge in [0.05, 0.1) is 0 Å². The summed E-state index contributed by atoms with van der Waals surface area (Å²) < 4.78 is 0. The van der Waals surface area contributed by atoms with E-state index in [9.17, 15) is 0 Å². The molecule has 0 aromatic heterocycles. The van der Waals surface area contributed by atoms with E-state index in [4.69, 9.17) is 0 Å². The molecule has 3 bridgehead atoms. The largest absolute Gasteiger partial charge is 0.0599 e. The van der Waals surface area contributed by atoms with Gasteiger partial charge in [-0.2, -0.15) is 0 Å². The summed E-state index contributed by atoms with van der Waals surface area (Å²) in [6.07, 6.45) is 8.07. The van der Waals surface area contributed by atoms with Crippen molar-refractivity contribution in [3.8, 4) is 0 Å². The third kappa shape index (κ3) is 0.875. The lowest BCUT2D eigenvalue weighted by molar-refractivity contribution is -0.0413. The van der Waals surface area contributed by atoms with Crippen molar-refractivity contribution in [2.75, 3.05) is 0 Å².